The Balaban J connectivity index is 1.61. The molecule has 0 saturated carbocycles. The van der Waals surface area contributed by atoms with E-state index in [-0.39, 0.29) is 37.0 Å². The minimum atomic E-state index is -4.37. The van der Waals surface area contributed by atoms with E-state index in [1.807, 2.05) is 36.4 Å². The largest absolute Gasteiger partial charge is 0.416 e. The molecule has 1 amide bonds. The van der Waals surface area contributed by atoms with Gasteiger partial charge >= 0.3 is 6.18 Å². The molecule has 4 rings (SSSR count). The molecule has 2 atom stereocenters. The number of ether oxygens (including phenoxy) is 1. The number of carbonyl (C=O) groups is 1. The Hall–Kier alpha value is -3.16. The number of piperidine rings is 1. The maximum atomic E-state index is 12.9. The van der Waals surface area contributed by atoms with Crippen molar-refractivity contribution in [3.8, 4) is 0 Å². The minimum Gasteiger partial charge on any atom is -0.373 e. The summed E-state index contributed by atoms with van der Waals surface area (Å²) in [6.45, 7) is 1.16. The molecule has 1 heterocycles. The first-order valence-electron chi connectivity index (χ1n) is 11.7. The van der Waals surface area contributed by atoms with Crippen molar-refractivity contribution in [3.05, 3.63) is 107 Å². The second-order valence-electron chi connectivity index (χ2n) is 8.84. The van der Waals surface area contributed by atoms with Crippen molar-refractivity contribution in [1.82, 2.24) is 4.90 Å². The fraction of sp³-hybridized carbons (Fsp3) is 0.321. The molecule has 0 bridgehead atoms. The molecule has 1 aliphatic heterocycles. The Labute approximate surface area is 203 Å². The van der Waals surface area contributed by atoms with Gasteiger partial charge in [-0.2, -0.15) is 13.2 Å². The number of amides is 1. The fourth-order valence-electron chi connectivity index (χ4n) is 4.84. The van der Waals surface area contributed by atoms with Gasteiger partial charge in [-0.1, -0.05) is 72.8 Å². The minimum absolute atomic E-state index is 0.0246. The lowest BCUT2D eigenvalue weighted by molar-refractivity contribution is -0.138. The van der Waals surface area contributed by atoms with Crippen molar-refractivity contribution in [1.29, 1.82) is 0 Å². The zero-order chi connectivity index (χ0) is 24.8. The second-order valence-corrected chi connectivity index (χ2v) is 8.84. The Morgan fingerprint density at radius 1 is 0.943 bits per heavy atom. The number of rotatable bonds is 7. The van der Waals surface area contributed by atoms with Crippen LogP contribution >= 0.6 is 0 Å². The van der Waals surface area contributed by atoms with Crippen LogP contribution in [-0.2, 0) is 22.3 Å². The number of nitrogens with zero attached hydrogens (tertiary/aromatic N) is 1. The Morgan fingerprint density at radius 2 is 1.51 bits per heavy atom. The van der Waals surface area contributed by atoms with Crippen molar-refractivity contribution in [3.63, 3.8) is 0 Å². The van der Waals surface area contributed by atoms with Crippen LogP contribution in [0.2, 0.25) is 0 Å². The summed E-state index contributed by atoms with van der Waals surface area (Å²) in [4.78, 5) is 14.3. The van der Waals surface area contributed by atoms with Gasteiger partial charge < -0.3 is 15.4 Å². The highest BCUT2D eigenvalue weighted by atomic mass is 19.4. The van der Waals surface area contributed by atoms with Gasteiger partial charge in [0.05, 0.1) is 24.8 Å². The molecule has 0 spiro atoms. The fourth-order valence-corrected chi connectivity index (χ4v) is 4.84. The van der Waals surface area contributed by atoms with Gasteiger partial charge in [-0.05, 0) is 35.2 Å². The van der Waals surface area contributed by atoms with Crippen LogP contribution in [0.1, 0.15) is 34.6 Å². The normalized spacial score (nSPS) is 18.6. The number of alkyl halides is 3. The lowest BCUT2D eigenvalue weighted by Crippen LogP contribution is -2.50. The van der Waals surface area contributed by atoms with E-state index in [0.717, 1.165) is 23.3 Å². The van der Waals surface area contributed by atoms with Crippen LogP contribution in [0.5, 0.6) is 0 Å². The molecule has 1 aliphatic rings. The molecule has 1 fully saturated rings. The summed E-state index contributed by atoms with van der Waals surface area (Å²) in [6.07, 6.45) is -3.94. The molecule has 4 nitrogen and oxygen atoms in total. The number of nitrogens with two attached hydrogens (primary N) is 1. The molecule has 7 heteroatoms. The van der Waals surface area contributed by atoms with Crippen LogP contribution in [0.25, 0.3) is 0 Å². The SMILES string of the molecule is NCC(=O)N1CCC(OCc2ccc(C(F)(F)F)cc2)C(C(c2ccccc2)c2ccccc2)C1. The summed E-state index contributed by atoms with van der Waals surface area (Å²) in [7, 11) is 0. The molecule has 3 aromatic carbocycles. The Kier molecular flexibility index (Phi) is 7.88. The van der Waals surface area contributed by atoms with Gasteiger partial charge in [0.1, 0.15) is 0 Å². The summed E-state index contributed by atoms with van der Waals surface area (Å²) in [5.74, 6) is -0.182. The van der Waals surface area contributed by atoms with E-state index in [9.17, 15) is 18.0 Å². The molecule has 0 aromatic heterocycles. The summed E-state index contributed by atoms with van der Waals surface area (Å²) < 4.78 is 45.1. The first-order chi connectivity index (χ1) is 16.9. The molecule has 3 aromatic rings. The highest BCUT2D eigenvalue weighted by Gasteiger charge is 2.38. The van der Waals surface area contributed by atoms with Gasteiger partial charge in [0, 0.05) is 24.9 Å². The predicted octanol–water partition coefficient (Wildman–Crippen LogP) is 5.23. The van der Waals surface area contributed by atoms with E-state index in [4.69, 9.17) is 10.5 Å². The molecule has 184 valence electrons. The summed E-state index contributed by atoms with van der Waals surface area (Å²) in [5, 5.41) is 0. The lowest BCUT2D eigenvalue weighted by Gasteiger charge is -2.42. The number of benzene rings is 3. The van der Waals surface area contributed by atoms with E-state index in [1.54, 1.807) is 4.90 Å². The third-order valence-electron chi connectivity index (χ3n) is 6.61. The number of halogens is 3. The first-order valence-corrected chi connectivity index (χ1v) is 11.7. The topological polar surface area (TPSA) is 55.6 Å². The number of carbonyl (C=O) groups excluding carboxylic acids is 1. The Bertz CT molecular complexity index is 1050. The quantitative estimate of drug-likeness (QED) is 0.502. The van der Waals surface area contributed by atoms with Gasteiger partial charge in [-0.15, -0.1) is 0 Å². The van der Waals surface area contributed by atoms with Crippen LogP contribution in [-0.4, -0.2) is 36.5 Å². The summed E-state index contributed by atoms with van der Waals surface area (Å²) in [5.41, 5.74) is 7.89. The van der Waals surface area contributed by atoms with Crippen molar-refractivity contribution >= 4 is 5.91 Å². The zero-order valence-corrected chi connectivity index (χ0v) is 19.3. The van der Waals surface area contributed by atoms with Crippen molar-refractivity contribution in [2.24, 2.45) is 11.7 Å². The lowest BCUT2D eigenvalue weighted by atomic mass is 9.75. The van der Waals surface area contributed by atoms with E-state index >= 15 is 0 Å². The molecular formula is C28H29F3N2O2. The maximum absolute atomic E-state index is 12.9. The average Bonchev–Trinajstić information content (AvgIpc) is 2.88. The molecular weight excluding hydrogens is 453 g/mol. The van der Waals surface area contributed by atoms with Gasteiger partial charge in [0.15, 0.2) is 0 Å². The van der Waals surface area contributed by atoms with E-state index in [1.165, 1.54) is 12.1 Å². The highest BCUT2D eigenvalue weighted by Crippen LogP contribution is 2.39. The Morgan fingerprint density at radius 3 is 2.03 bits per heavy atom. The smallest absolute Gasteiger partial charge is 0.373 e. The van der Waals surface area contributed by atoms with Crippen LogP contribution in [0.3, 0.4) is 0 Å². The van der Waals surface area contributed by atoms with Gasteiger partial charge in [-0.25, -0.2) is 0 Å². The van der Waals surface area contributed by atoms with Gasteiger partial charge in [0.2, 0.25) is 5.91 Å². The van der Waals surface area contributed by atoms with E-state index in [2.05, 4.69) is 24.3 Å². The van der Waals surface area contributed by atoms with E-state index in [0.29, 0.717) is 25.1 Å². The van der Waals surface area contributed by atoms with Crippen LogP contribution < -0.4 is 5.73 Å². The average molecular weight is 483 g/mol. The van der Waals surface area contributed by atoms with Crippen LogP contribution in [0.4, 0.5) is 13.2 Å². The first kappa shape index (κ1) is 24.9. The summed E-state index contributed by atoms with van der Waals surface area (Å²) in [6, 6.07) is 25.3. The van der Waals surface area contributed by atoms with Crippen molar-refractivity contribution < 1.29 is 22.7 Å². The monoisotopic (exact) mass is 482 g/mol. The molecule has 0 radical (unpaired) electrons. The summed E-state index contributed by atoms with van der Waals surface area (Å²) >= 11 is 0. The third-order valence-corrected chi connectivity index (χ3v) is 6.61. The standard InChI is InChI=1S/C28H29F3N2O2/c29-28(30,31)23-13-11-20(12-14-23)19-35-25-15-16-33(26(34)17-32)18-24(25)27(21-7-3-1-4-8-21)22-9-5-2-6-10-22/h1-14,24-25,27H,15-19,32H2. The maximum Gasteiger partial charge on any atom is 0.416 e. The highest BCUT2D eigenvalue weighted by molar-refractivity contribution is 5.78. The van der Waals surface area contributed by atoms with Crippen LogP contribution in [0.15, 0.2) is 84.9 Å². The molecule has 2 N–H and O–H groups in total. The number of hydrogen-bond donors (Lipinski definition) is 1. The van der Waals surface area contributed by atoms with Crippen molar-refractivity contribution in [2.75, 3.05) is 19.6 Å². The van der Waals surface area contributed by atoms with Crippen molar-refractivity contribution in [2.45, 2.75) is 31.2 Å². The van der Waals surface area contributed by atoms with Crippen LogP contribution in [0, 0.1) is 5.92 Å². The van der Waals surface area contributed by atoms with E-state index < -0.39 is 11.7 Å². The second kappa shape index (κ2) is 11.1. The molecule has 2 unspecified atom stereocenters. The molecule has 35 heavy (non-hydrogen) atoms. The van der Waals surface area contributed by atoms with Gasteiger partial charge in [-0.3, -0.25) is 4.79 Å². The predicted molar refractivity (Wildman–Crippen MR) is 128 cm³/mol. The number of hydrogen-bond acceptors (Lipinski definition) is 3. The molecule has 0 aliphatic carbocycles. The third kappa shape index (κ3) is 6.10. The zero-order valence-electron chi connectivity index (χ0n) is 19.3. The number of likely N-dealkylation sites (tertiary alicyclic amines) is 1. The van der Waals surface area contributed by atoms with Gasteiger partial charge in [0.25, 0.3) is 0 Å². The molecule has 1 saturated heterocycles.